The maximum Gasteiger partial charge on any atom is 0.126 e. The highest BCUT2D eigenvalue weighted by Crippen LogP contribution is 2.09. The summed E-state index contributed by atoms with van der Waals surface area (Å²) in [4.78, 5) is 0. The Kier molecular flexibility index (Phi) is 4.33. The molecule has 0 saturated heterocycles. The van der Waals surface area contributed by atoms with E-state index in [0.29, 0.717) is 12.1 Å². The van der Waals surface area contributed by atoms with Gasteiger partial charge < -0.3 is 0 Å². The van der Waals surface area contributed by atoms with Crippen LogP contribution in [0, 0.1) is 25.1 Å². The summed E-state index contributed by atoms with van der Waals surface area (Å²) in [6, 6.07) is 5.20. The minimum atomic E-state index is -0.164. The Morgan fingerprint density at radius 1 is 1.53 bits per heavy atom. The molecule has 0 aromatic heterocycles. The summed E-state index contributed by atoms with van der Waals surface area (Å²) in [5, 5.41) is 3.22. The number of aryl methyl sites for hydroxylation is 1. The van der Waals surface area contributed by atoms with Gasteiger partial charge in [0, 0.05) is 6.54 Å². The van der Waals surface area contributed by atoms with Crippen LogP contribution in [-0.2, 0) is 6.54 Å². The molecule has 2 heteroatoms. The van der Waals surface area contributed by atoms with Crippen molar-refractivity contribution in [2.24, 2.45) is 0 Å². The molecule has 0 aliphatic carbocycles. The maximum absolute atomic E-state index is 13.0. The molecule has 1 aromatic carbocycles. The van der Waals surface area contributed by atoms with Crippen LogP contribution in [0.3, 0.4) is 0 Å². The molecule has 1 nitrogen and oxygen atoms in total. The van der Waals surface area contributed by atoms with E-state index in [1.165, 1.54) is 6.07 Å². The van der Waals surface area contributed by atoms with Crippen molar-refractivity contribution in [2.45, 2.75) is 32.9 Å². The topological polar surface area (TPSA) is 12.0 Å². The lowest BCUT2D eigenvalue weighted by Gasteiger charge is -2.10. The van der Waals surface area contributed by atoms with Crippen LogP contribution in [-0.4, -0.2) is 6.04 Å². The fourth-order valence-corrected chi connectivity index (χ4v) is 1.38. The molecule has 0 aliphatic rings. The van der Waals surface area contributed by atoms with E-state index in [-0.39, 0.29) is 11.9 Å². The maximum atomic E-state index is 13.0. The van der Waals surface area contributed by atoms with Crippen LogP contribution in [0.5, 0.6) is 0 Å². The van der Waals surface area contributed by atoms with Crippen molar-refractivity contribution in [3.8, 4) is 12.3 Å². The fraction of sp³-hybridized carbons (Fsp3) is 0.385. The first-order chi connectivity index (χ1) is 7.17. The van der Waals surface area contributed by atoms with Crippen LogP contribution in [0.25, 0.3) is 0 Å². The Morgan fingerprint density at radius 2 is 2.27 bits per heavy atom. The zero-order chi connectivity index (χ0) is 11.3. The van der Waals surface area contributed by atoms with Crippen LogP contribution in [0.2, 0.25) is 0 Å². The number of halogens is 1. The molecule has 0 aliphatic heterocycles. The second-order valence-electron chi connectivity index (χ2n) is 3.59. The average molecular weight is 205 g/mol. The Labute approximate surface area is 90.7 Å². The van der Waals surface area contributed by atoms with Gasteiger partial charge in [-0.2, -0.15) is 0 Å². The molecule has 1 N–H and O–H groups in total. The Hall–Kier alpha value is -1.33. The van der Waals surface area contributed by atoms with Gasteiger partial charge in [0.25, 0.3) is 0 Å². The van der Waals surface area contributed by atoms with Crippen molar-refractivity contribution >= 4 is 0 Å². The number of hydrogen-bond acceptors (Lipinski definition) is 1. The van der Waals surface area contributed by atoms with Gasteiger partial charge in [0.1, 0.15) is 5.82 Å². The van der Waals surface area contributed by atoms with Gasteiger partial charge in [-0.05, 0) is 30.5 Å². The second-order valence-corrected chi connectivity index (χ2v) is 3.59. The summed E-state index contributed by atoms with van der Waals surface area (Å²) >= 11 is 0. The van der Waals surface area contributed by atoms with Gasteiger partial charge in [0.15, 0.2) is 0 Å². The summed E-state index contributed by atoms with van der Waals surface area (Å²) in [6.07, 6.45) is 6.23. The third-order valence-corrected chi connectivity index (χ3v) is 2.38. The van der Waals surface area contributed by atoms with Crippen molar-refractivity contribution < 1.29 is 4.39 Å². The van der Waals surface area contributed by atoms with Gasteiger partial charge in [-0.15, -0.1) is 6.42 Å². The Morgan fingerprint density at radius 3 is 2.80 bits per heavy atom. The number of terminal acetylenes is 1. The molecule has 0 radical (unpaired) electrons. The average Bonchev–Trinajstić information content (AvgIpc) is 2.24. The SMILES string of the molecule is C#CC(CC)NCc1ccc(F)c(C)c1. The zero-order valence-electron chi connectivity index (χ0n) is 9.18. The van der Waals surface area contributed by atoms with Crippen LogP contribution in [0.15, 0.2) is 18.2 Å². The highest BCUT2D eigenvalue weighted by molar-refractivity contribution is 5.24. The first-order valence-electron chi connectivity index (χ1n) is 5.12. The van der Waals surface area contributed by atoms with Gasteiger partial charge in [-0.3, -0.25) is 5.32 Å². The summed E-state index contributed by atoms with van der Waals surface area (Å²) in [7, 11) is 0. The molecule has 1 aromatic rings. The molecule has 1 rings (SSSR count). The molecular formula is C13H16FN. The normalized spacial score (nSPS) is 12.1. The van der Waals surface area contributed by atoms with E-state index in [0.717, 1.165) is 12.0 Å². The third kappa shape index (κ3) is 3.38. The molecule has 0 spiro atoms. The number of rotatable bonds is 4. The Bertz CT molecular complexity index is 365. The first-order valence-corrected chi connectivity index (χ1v) is 5.12. The van der Waals surface area contributed by atoms with Crippen LogP contribution < -0.4 is 5.32 Å². The second kappa shape index (κ2) is 5.53. The van der Waals surface area contributed by atoms with E-state index < -0.39 is 0 Å². The van der Waals surface area contributed by atoms with Crippen molar-refractivity contribution in [1.82, 2.24) is 5.32 Å². The highest BCUT2D eigenvalue weighted by atomic mass is 19.1. The Balaban J connectivity index is 2.59. The number of hydrogen-bond donors (Lipinski definition) is 1. The van der Waals surface area contributed by atoms with Crippen LogP contribution >= 0.6 is 0 Å². The third-order valence-electron chi connectivity index (χ3n) is 2.38. The minimum Gasteiger partial charge on any atom is -0.300 e. The summed E-state index contributed by atoms with van der Waals surface area (Å²) in [5.41, 5.74) is 1.73. The lowest BCUT2D eigenvalue weighted by Crippen LogP contribution is -2.26. The molecule has 0 heterocycles. The van der Waals surface area contributed by atoms with E-state index in [4.69, 9.17) is 6.42 Å². The molecule has 1 atom stereocenters. The van der Waals surface area contributed by atoms with Gasteiger partial charge in [-0.1, -0.05) is 25.0 Å². The van der Waals surface area contributed by atoms with Crippen molar-refractivity contribution in [1.29, 1.82) is 0 Å². The van der Waals surface area contributed by atoms with E-state index in [1.54, 1.807) is 13.0 Å². The van der Waals surface area contributed by atoms with Gasteiger partial charge in [-0.25, -0.2) is 4.39 Å². The molecular weight excluding hydrogens is 189 g/mol. The van der Waals surface area contributed by atoms with Crippen molar-refractivity contribution in [2.75, 3.05) is 0 Å². The fourth-order valence-electron chi connectivity index (χ4n) is 1.38. The summed E-state index contributed by atoms with van der Waals surface area (Å²) in [6.45, 7) is 4.48. The molecule has 0 fully saturated rings. The van der Waals surface area contributed by atoms with E-state index in [1.807, 2.05) is 13.0 Å². The van der Waals surface area contributed by atoms with Gasteiger partial charge in [0.2, 0.25) is 0 Å². The molecule has 0 bridgehead atoms. The van der Waals surface area contributed by atoms with Crippen LogP contribution in [0.4, 0.5) is 4.39 Å². The largest absolute Gasteiger partial charge is 0.300 e. The summed E-state index contributed by atoms with van der Waals surface area (Å²) in [5.74, 6) is 2.50. The smallest absolute Gasteiger partial charge is 0.126 e. The molecule has 80 valence electrons. The minimum absolute atomic E-state index is 0.0929. The van der Waals surface area contributed by atoms with Gasteiger partial charge in [0.05, 0.1) is 6.04 Å². The number of nitrogens with one attached hydrogen (secondary N) is 1. The van der Waals surface area contributed by atoms with E-state index in [2.05, 4.69) is 11.2 Å². The van der Waals surface area contributed by atoms with E-state index in [9.17, 15) is 4.39 Å². The quantitative estimate of drug-likeness (QED) is 0.745. The van der Waals surface area contributed by atoms with Gasteiger partial charge >= 0.3 is 0 Å². The molecule has 0 saturated carbocycles. The highest BCUT2D eigenvalue weighted by Gasteiger charge is 2.02. The molecule has 15 heavy (non-hydrogen) atoms. The van der Waals surface area contributed by atoms with Crippen molar-refractivity contribution in [3.05, 3.63) is 35.1 Å². The first kappa shape index (κ1) is 11.7. The van der Waals surface area contributed by atoms with Crippen molar-refractivity contribution in [3.63, 3.8) is 0 Å². The zero-order valence-corrected chi connectivity index (χ0v) is 9.18. The molecule has 1 unspecified atom stereocenters. The predicted molar refractivity (Wildman–Crippen MR) is 60.9 cm³/mol. The van der Waals surface area contributed by atoms with Crippen LogP contribution in [0.1, 0.15) is 24.5 Å². The monoisotopic (exact) mass is 205 g/mol. The molecule has 0 amide bonds. The lowest BCUT2D eigenvalue weighted by atomic mass is 10.1. The summed E-state index contributed by atoms with van der Waals surface area (Å²) < 4.78 is 13.0. The lowest BCUT2D eigenvalue weighted by molar-refractivity contribution is 0.588. The standard InChI is InChI=1S/C13H16FN/c1-4-12(5-2)15-9-11-6-7-13(14)10(3)8-11/h1,6-8,12,15H,5,9H2,2-3H3. The van der Waals surface area contributed by atoms with E-state index >= 15 is 0 Å². The number of benzene rings is 1. The predicted octanol–water partition coefficient (Wildman–Crippen LogP) is 2.64.